The molecule has 14 heavy (non-hydrogen) atoms. The third-order valence-electron chi connectivity index (χ3n) is 2.46. The topological polar surface area (TPSA) is 21.7 Å². The van der Waals surface area contributed by atoms with Crippen molar-refractivity contribution >= 4 is 0 Å². The zero-order valence-corrected chi connectivity index (χ0v) is 8.58. The standard InChI is InChI=1S/C9H17F2NO2/c1-3-13-6-7-4-8(5-12(7)2)14-9(10)11/h7-9H,3-6H2,1-2H3. The van der Waals surface area contributed by atoms with Gasteiger partial charge in [-0.2, -0.15) is 8.78 Å². The molecule has 3 nitrogen and oxygen atoms in total. The highest BCUT2D eigenvalue weighted by atomic mass is 19.3. The van der Waals surface area contributed by atoms with Gasteiger partial charge in [-0.05, 0) is 20.4 Å². The predicted molar refractivity (Wildman–Crippen MR) is 48.4 cm³/mol. The van der Waals surface area contributed by atoms with Crippen molar-refractivity contribution in [1.82, 2.24) is 4.90 Å². The van der Waals surface area contributed by atoms with Crippen LogP contribution in [-0.2, 0) is 9.47 Å². The van der Waals surface area contributed by atoms with E-state index in [4.69, 9.17) is 4.74 Å². The van der Waals surface area contributed by atoms with Gasteiger partial charge in [-0.3, -0.25) is 4.90 Å². The van der Waals surface area contributed by atoms with Crippen LogP contribution in [0.25, 0.3) is 0 Å². The highest BCUT2D eigenvalue weighted by molar-refractivity contribution is 4.83. The number of rotatable bonds is 5. The van der Waals surface area contributed by atoms with E-state index in [0.29, 0.717) is 26.2 Å². The maximum atomic E-state index is 11.9. The lowest BCUT2D eigenvalue weighted by atomic mass is 10.2. The Labute approximate surface area is 83.0 Å². The van der Waals surface area contributed by atoms with Gasteiger partial charge >= 0.3 is 6.61 Å². The molecule has 1 saturated heterocycles. The van der Waals surface area contributed by atoms with Gasteiger partial charge in [-0.15, -0.1) is 0 Å². The first-order valence-electron chi connectivity index (χ1n) is 4.85. The molecule has 0 spiro atoms. The summed E-state index contributed by atoms with van der Waals surface area (Å²) in [6.07, 6.45) is 0.270. The molecule has 2 atom stereocenters. The van der Waals surface area contributed by atoms with E-state index >= 15 is 0 Å². The molecule has 1 fully saturated rings. The molecule has 0 radical (unpaired) electrons. The molecule has 1 aliphatic heterocycles. The minimum absolute atomic E-state index is 0.207. The minimum Gasteiger partial charge on any atom is -0.380 e. The second-order valence-corrected chi connectivity index (χ2v) is 3.51. The van der Waals surface area contributed by atoms with E-state index in [-0.39, 0.29) is 12.1 Å². The second-order valence-electron chi connectivity index (χ2n) is 3.51. The number of ether oxygens (including phenoxy) is 2. The number of halogens is 2. The lowest BCUT2D eigenvalue weighted by Crippen LogP contribution is -2.29. The highest BCUT2D eigenvalue weighted by Gasteiger charge is 2.31. The average molecular weight is 209 g/mol. The summed E-state index contributed by atoms with van der Waals surface area (Å²) >= 11 is 0. The summed E-state index contributed by atoms with van der Waals surface area (Å²) in [5, 5.41) is 0. The molecule has 0 bridgehead atoms. The normalized spacial score (nSPS) is 28.9. The zero-order valence-electron chi connectivity index (χ0n) is 8.58. The van der Waals surface area contributed by atoms with Crippen molar-refractivity contribution in [2.75, 3.05) is 26.8 Å². The van der Waals surface area contributed by atoms with Gasteiger partial charge in [0.05, 0.1) is 12.7 Å². The molecule has 0 aromatic heterocycles. The first-order valence-corrected chi connectivity index (χ1v) is 4.85. The van der Waals surface area contributed by atoms with Crippen LogP contribution in [0.5, 0.6) is 0 Å². The first-order chi connectivity index (χ1) is 6.63. The van der Waals surface area contributed by atoms with Gasteiger partial charge in [0.25, 0.3) is 0 Å². The van der Waals surface area contributed by atoms with Gasteiger partial charge < -0.3 is 9.47 Å². The number of nitrogens with zero attached hydrogens (tertiary/aromatic N) is 1. The number of likely N-dealkylation sites (tertiary alicyclic amines) is 1. The van der Waals surface area contributed by atoms with Crippen LogP contribution in [0.2, 0.25) is 0 Å². The molecule has 1 rings (SSSR count). The van der Waals surface area contributed by atoms with Crippen LogP contribution >= 0.6 is 0 Å². The SMILES string of the molecule is CCOCC1CC(OC(F)F)CN1C. The Balaban J connectivity index is 2.28. The molecule has 1 heterocycles. The highest BCUT2D eigenvalue weighted by Crippen LogP contribution is 2.20. The molecule has 0 saturated carbocycles. The van der Waals surface area contributed by atoms with Crippen molar-refractivity contribution in [3.05, 3.63) is 0 Å². The van der Waals surface area contributed by atoms with Crippen LogP contribution in [0.3, 0.4) is 0 Å². The fourth-order valence-electron chi connectivity index (χ4n) is 1.72. The number of hydrogen-bond acceptors (Lipinski definition) is 3. The molecule has 0 aromatic carbocycles. The fourth-order valence-corrected chi connectivity index (χ4v) is 1.72. The summed E-state index contributed by atoms with van der Waals surface area (Å²) in [6.45, 7) is 1.06. The Bertz CT molecular complexity index is 169. The maximum Gasteiger partial charge on any atom is 0.345 e. The average Bonchev–Trinajstić information content (AvgIpc) is 2.41. The van der Waals surface area contributed by atoms with Gasteiger partial charge in [0.2, 0.25) is 0 Å². The predicted octanol–water partition coefficient (Wildman–Crippen LogP) is 1.33. The van der Waals surface area contributed by atoms with Crippen molar-refractivity contribution < 1.29 is 18.3 Å². The molecular weight excluding hydrogens is 192 g/mol. The van der Waals surface area contributed by atoms with Crippen LogP contribution in [-0.4, -0.2) is 50.5 Å². The van der Waals surface area contributed by atoms with E-state index in [0.717, 1.165) is 0 Å². The van der Waals surface area contributed by atoms with Crippen LogP contribution < -0.4 is 0 Å². The number of alkyl halides is 2. The van der Waals surface area contributed by atoms with E-state index < -0.39 is 6.61 Å². The van der Waals surface area contributed by atoms with Crippen molar-refractivity contribution in [1.29, 1.82) is 0 Å². The number of likely N-dealkylation sites (N-methyl/N-ethyl adjacent to an activating group) is 1. The van der Waals surface area contributed by atoms with Gasteiger partial charge in [-0.1, -0.05) is 0 Å². The first kappa shape index (κ1) is 11.8. The second kappa shape index (κ2) is 5.58. The molecule has 0 aliphatic carbocycles. The number of hydrogen-bond donors (Lipinski definition) is 0. The molecule has 0 aromatic rings. The van der Waals surface area contributed by atoms with E-state index in [2.05, 4.69) is 4.74 Å². The Morgan fingerprint density at radius 3 is 2.79 bits per heavy atom. The van der Waals surface area contributed by atoms with Gasteiger partial charge in [0.15, 0.2) is 0 Å². The summed E-state index contributed by atoms with van der Waals surface area (Å²) in [5.74, 6) is 0. The Hall–Kier alpha value is -0.260. The fraction of sp³-hybridized carbons (Fsp3) is 1.00. The summed E-state index contributed by atoms with van der Waals surface area (Å²) < 4.78 is 33.6. The monoisotopic (exact) mass is 209 g/mol. The Morgan fingerprint density at radius 2 is 2.21 bits per heavy atom. The van der Waals surface area contributed by atoms with Crippen LogP contribution in [0, 0.1) is 0 Å². The molecule has 2 unspecified atom stereocenters. The summed E-state index contributed by atoms with van der Waals surface area (Å²) in [4.78, 5) is 2.00. The van der Waals surface area contributed by atoms with Crippen molar-refractivity contribution in [3.8, 4) is 0 Å². The zero-order chi connectivity index (χ0) is 10.6. The van der Waals surface area contributed by atoms with E-state index in [1.807, 2.05) is 18.9 Å². The van der Waals surface area contributed by atoms with Gasteiger partial charge in [0, 0.05) is 19.2 Å². The smallest absolute Gasteiger partial charge is 0.345 e. The van der Waals surface area contributed by atoms with Crippen LogP contribution in [0.1, 0.15) is 13.3 Å². The molecule has 1 aliphatic rings. The third kappa shape index (κ3) is 3.48. The molecule has 0 N–H and O–H groups in total. The van der Waals surface area contributed by atoms with E-state index in [1.54, 1.807) is 0 Å². The lowest BCUT2D eigenvalue weighted by Gasteiger charge is -2.17. The summed E-state index contributed by atoms with van der Waals surface area (Å²) in [5.41, 5.74) is 0. The summed E-state index contributed by atoms with van der Waals surface area (Å²) in [7, 11) is 1.90. The summed E-state index contributed by atoms with van der Waals surface area (Å²) in [6, 6.07) is 0.207. The van der Waals surface area contributed by atoms with Crippen molar-refractivity contribution in [3.63, 3.8) is 0 Å². The third-order valence-corrected chi connectivity index (χ3v) is 2.46. The van der Waals surface area contributed by atoms with Crippen LogP contribution in [0.15, 0.2) is 0 Å². The van der Waals surface area contributed by atoms with Crippen LogP contribution in [0.4, 0.5) is 8.78 Å². The Morgan fingerprint density at radius 1 is 1.50 bits per heavy atom. The molecule has 0 amide bonds. The molecule has 84 valence electrons. The van der Waals surface area contributed by atoms with Crippen molar-refractivity contribution in [2.45, 2.75) is 32.1 Å². The van der Waals surface area contributed by atoms with E-state index in [9.17, 15) is 8.78 Å². The Kier molecular flexibility index (Phi) is 4.71. The molecular formula is C9H17F2NO2. The lowest BCUT2D eigenvalue weighted by molar-refractivity contribution is -0.158. The quantitative estimate of drug-likeness (QED) is 0.682. The van der Waals surface area contributed by atoms with Gasteiger partial charge in [-0.25, -0.2) is 0 Å². The maximum absolute atomic E-state index is 11.9. The van der Waals surface area contributed by atoms with Gasteiger partial charge in [0.1, 0.15) is 0 Å². The molecule has 5 heteroatoms. The minimum atomic E-state index is -2.67. The van der Waals surface area contributed by atoms with Crippen molar-refractivity contribution in [2.24, 2.45) is 0 Å². The van der Waals surface area contributed by atoms with E-state index in [1.165, 1.54) is 0 Å². The largest absolute Gasteiger partial charge is 0.380 e.